The van der Waals surface area contributed by atoms with Crippen molar-refractivity contribution in [3.63, 3.8) is 0 Å². The van der Waals surface area contributed by atoms with E-state index < -0.39 is 28.1 Å². The molecule has 96 valence electrons. The second-order valence-corrected chi connectivity index (χ2v) is 3.13. The number of nitrogens with zero attached hydrogens (tertiary/aromatic N) is 1. The maximum atomic E-state index is 10.3. The third-order valence-electron chi connectivity index (χ3n) is 1.67. The number of nitro benzene ring substituents is 1. The molecule has 0 N–H and O–H groups in total. The van der Waals surface area contributed by atoms with Crippen LogP contribution in [0.2, 0.25) is 0 Å². The number of hydrogen-bond donors (Lipinski definition) is 0. The summed E-state index contributed by atoms with van der Waals surface area (Å²) < 4.78 is 0. The summed E-state index contributed by atoms with van der Waals surface area (Å²) in [5, 5.41) is 30.0. The van der Waals surface area contributed by atoms with E-state index in [0.29, 0.717) is 0 Å². The number of benzene rings is 1. The molecular weight excluding hydrogens is 282 g/mol. The van der Waals surface area contributed by atoms with Crippen molar-refractivity contribution < 1.29 is 24.7 Å². The van der Waals surface area contributed by atoms with E-state index in [0.717, 1.165) is 12.1 Å². The van der Waals surface area contributed by atoms with Crippen molar-refractivity contribution in [2.75, 3.05) is 0 Å². The Morgan fingerprint density at radius 1 is 1.21 bits per heavy atom. The fourth-order valence-electron chi connectivity index (χ4n) is 0.805. The first kappa shape index (κ1) is 19.9. The number of hydrogen-bond acceptors (Lipinski definition) is 6. The zero-order valence-corrected chi connectivity index (χ0v) is 12.3. The van der Waals surface area contributed by atoms with Gasteiger partial charge in [-0.05, 0) is 18.6 Å². The van der Waals surface area contributed by atoms with Gasteiger partial charge in [0.2, 0.25) is 0 Å². The Morgan fingerprint density at radius 2 is 1.63 bits per heavy atom. The summed E-state index contributed by atoms with van der Waals surface area (Å²) in [4.78, 5) is 29.3. The molecule has 0 spiro atoms. The van der Waals surface area contributed by atoms with Crippen molar-refractivity contribution in [2.24, 2.45) is 0 Å². The minimum atomic E-state index is -1.54. The molecule has 1 rings (SSSR count). The fraction of sp³-hybridized carbons (Fsp3) is 0.0909. The van der Waals surface area contributed by atoms with Gasteiger partial charge < -0.3 is 19.8 Å². The molecule has 0 radical (unpaired) electrons. The van der Waals surface area contributed by atoms with Gasteiger partial charge in [0.05, 0.1) is 22.4 Å². The third-order valence-corrected chi connectivity index (χ3v) is 1.67. The molecule has 7 nitrogen and oxygen atoms in total. The van der Waals surface area contributed by atoms with Gasteiger partial charge in [-0.1, -0.05) is 18.7 Å². The van der Waals surface area contributed by atoms with Crippen molar-refractivity contribution in [2.45, 2.75) is 6.92 Å². The molecule has 0 atom stereocenters. The first-order chi connectivity index (χ1) is 8.27. The number of nitro groups is 1. The Labute approximate surface area is 138 Å². The molecule has 8 heteroatoms. The maximum absolute atomic E-state index is 10.3. The number of aromatic carboxylic acids is 1. The smallest absolute Gasteiger partial charge is 0.545 e. The molecule has 0 fully saturated rings. The summed E-state index contributed by atoms with van der Waals surface area (Å²) in [6, 6.07) is 5.04. The summed E-state index contributed by atoms with van der Waals surface area (Å²) in [5.41, 5.74) is -0.782. The van der Waals surface area contributed by atoms with E-state index in [9.17, 15) is 29.9 Å². The van der Waals surface area contributed by atoms with Crippen molar-refractivity contribution in [3.8, 4) is 0 Å². The van der Waals surface area contributed by atoms with Gasteiger partial charge in [-0.15, -0.1) is 0 Å². The minimum absolute atomic E-state index is 0. The predicted molar refractivity (Wildman–Crippen MR) is 63.0 cm³/mol. The van der Waals surface area contributed by atoms with E-state index in [1.54, 1.807) is 0 Å². The van der Waals surface area contributed by atoms with Crippen molar-refractivity contribution in [3.05, 3.63) is 52.1 Å². The average Bonchev–Trinajstić information content (AvgIpc) is 2.29. The quantitative estimate of drug-likeness (QED) is 0.301. The molecule has 0 unspecified atom stereocenters. The molecule has 1 aromatic carbocycles. The van der Waals surface area contributed by atoms with Crippen LogP contribution in [0, 0.1) is 10.1 Å². The monoisotopic (exact) mass is 291 g/mol. The number of carboxylic acids is 2. The first-order valence-corrected chi connectivity index (χ1v) is 4.59. The van der Waals surface area contributed by atoms with Crippen LogP contribution in [-0.2, 0) is 4.79 Å². The number of para-hydroxylation sites is 1. The third kappa shape index (κ3) is 7.55. The van der Waals surface area contributed by atoms with Gasteiger partial charge in [0.1, 0.15) is 0 Å². The van der Waals surface area contributed by atoms with Gasteiger partial charge in [-0.25, -0.2) is 0 Å². The molecule has 0 amide bonds. The molecule has 0 heterocycles. The number of carbonyl (C=O) groups excluding carboxylic acids is 2. The van der Waals surface area contributed by atoms with Crippen LogP contribution in [0.15, 0.2) is 36.4 Å². The van der Waals surface area contributed by atoms with Crippen LogP contribution in [0.5, 0.6) is 0 Å². The summed E-state index contributed by atoms with van der Waals surface area (Å²) >= 11 is 0. The summed E-state index contributed by atoms with van der Waals surface area (Å²) in [7, 11) is 0. The van der Waals surface area contributed by atoms with Gasteiger partial charge in [0, 0.05) is 6.07 Å². The Hall–Kier alpha value is -1.44. The van der Waals surface area contributed by atoms with E-state index in [1.165, 1.54) is 19.1 Å². The zero-order valence-electron chi connectivity index (χ0n) is 10.1. The largest absolute Gasteiger partial charge is 2.00 e. The number of rotatable bonds is 3. The van der Waals surface area contributed by atoms with E-state index in [1.807, 2.05) is 0 Å². The topological polar surface area (TPSA) is 123 Å². The zero-order chi connectivity index (χ0) is 14.3. The Kier molecular flexibility index (Phi) is 9.93. The van der Waals surface area contributed by atoms with Crippen LogP contribution in [0.3, 0.4) is 0 Å². The van der Waals surface area contributed by atoms with Crippen LogP contribution < -0.4 is 10.2 Å². The number of carboxylic acid groups (broad SMARTS) is 2. The van der Waals surface area contributed by atoms with Crippen LogP contribution in [-0.4, -0.2) is 54.6 Å². The van der Waals surface area contributed by atoms with E-state index in [4.69, 9.17) is 0 Å². The average molecular weight is 291 g/mol. The molecule has 0 bridgehead atoms. The van der Waals surface area contributed by atoms with Crippen molar-refractivity contribution in [1.82, 2.24) is 0 Å². The molecular formula is C11H9CaNO6. The maximum Gasteiger partial charge on any atom is 2.00 e. The van der Waals surface area contributed by atoms with Gasteiger partial charge in [0.15, 0.2) is 0 Å². The molecule has 0 aliphatic rings. The second kappa shape index (κ2) is 9.48. The SMILES string of the molecule is C=C(C)C(=O)[O-].O=C([O-])c1ccccc1[N+](=O)[O-].[Ca+2]. The van der Waals surface area contributed by atoms with Crippen molar-refractivity contribution in [1.29, 1.82) is 0 Å². The van der Waals surface area contributed by atoms with Gasteiger partial charge in [-0.2, -0.15) is 0 Å². The Balaban J connectivity index is 0. The van der Waals surface area contributed by atoms with Crippen molar-refractivity contribution >= 4 is 55.4 Å². The normalized spacial score (nSPS) is 8.26. The van der Waals surface area contributed by atoms with E-state index in [-0.39, 0.29) is 43.3 Å². The van der Waals surface area contributed by atoms with Crippen LogP contribution in [0.4, 0.5) is 5.69 Å². The predicted octanol–water partition coefficient (Wildman–Crippen LogP) is -1.11. The standard InChI is InChI=1S/C7H5NO4.C4H6O2.Ca/c9-7(10)5-3-1-2-4-6(5)8(11)12;1-3(2)4(5)6;/h1-4H,(H,9,10);1H2,2H3,(H,5,6);/q;;+2/p-2. The molecule has 0 aliphatic carbocycles. The minimum Gasteiger partial charge on any atom is -0.545 e. The number of aliphatic carboxylic acids is 1. The molecule has 1 aromatic rings. The molecule has 0 aliphatic heterocycles. The molecule has 0 aromatic heterocycles. The van der Waals surface area contributed by atoms with Crippen LogP contribution in [0.1, 0.15) is 17.3 Å². The van der Waals surface area contributed by atoms with Crippen LogP contribution in [0.25, 0.3) is 0 Å². The molecule has 0 saturated heterocycles. The van der Waals surface area contributed by atoms with E-state index >= 15 is 0 Å². The summed E-state index contributed by atoms with van der Waals surface area (Å²) in [5.74, 6) is -2.72. The Bertz CT molecular complexity index is 455. The van der Waals surface area contributed by atoms with Gasteiger partial charge in [-0.3, -0.25) is 10.1 Å². The summed E-state index contributed by atoms with van der Waals surface area (Å²) in [6.07, 6.45) is 0. The van der Waals surface area contributed by atoms with Gasteiger partial charge in [0.25, 0.3) is 5.69 Å². The molecule has 19 heavy (non-hydrogen) atoms. The van der Waals surface area contributed by atoms with Crippen LogP contribution >= 0.6 is 0 Å². The van der Waals surface area contributed by atoms with E-state index in [2.05, 4.69) is 6.58 Å². The summed E-state index contributed by atoms with van der Waals surface area (Å²) in [6.45, 7) is 4.48. The fourth-order valence-corrected chi connectivity index (χ4v) is 0.805. The molecule has 0 saturated carbocycles. The second-order valence-electron chi connectivity index (χ2n) is 3.13. The Morgan fingerprint density at radius 3 is 1.89 bits per heavy atom. The van der Waals surface area contributed by atoms with Gasteiger partial charge >= 0.3 is 37.7 Å². The number of carbonyl (C=O) groups is 2. The first-order valence-electron chi connectivity index (χ1n) is 4.59.